The zero-order valence-electron chi connectivity index (χ0n) is 10.8. The second kappa shape index (κ2) is 7.54. The van der Waals surface area contributed by atoms with E-state index in [1.165, 1.54) is 12.8 Å². The minimum Gasteiger partial charge on any atom is -0.491 e. The topological polar surface area (TPSA) is 44.5 Å². The Morgan fingerprint density at radius 1 is 1.32 bits per heavy atom. The molecule has 0 aliphatic heterocycles. The lowest BCUT2D eigenvalue weighted by Crippen LogP contribution is -2.30. The average Bonchev–Trinajstić information content (AvgIpc) is 3.24. The minimum absolute atomic E-state index is 0.114. The predicted octanol–water partition coefficient (Wildman–Crippen LogP) is 2.59. The van der Waals surface area contributed by atoms with Crippen molar-refractivity contribution < 1.29 is 9.47 Å². The molecule has 2 N–H and O–H groups in total. The average molecular weight is 324 g/mol. The summed E-state index contributed by atoms with van der Waals surface area (Å²) in [7, 11) is 0. The molecule has 0 aromatic heterocycles. The van der Waals surface area contributed by atoms with Gasteiger partial charge in [-0.1, -0.05) is 27.8 Å². The third kappa shape index (κ3) is 5.65. The molecule has 19 heavy (non-hydrogen) atoms. The van der Waals surface area contributed by atoms with E-state index >= 15 is 0 Å². The molecule has 1 aromatic rings. The molecule has 0 amide bonds. The zero-order valence-corrected chi connectivity index (χ0v) is 12.4. The van der Waals surface area contributed by atoms with Crippen molar-refractivity contribution in [3.05, 3.63) is 28.7 Å². The van der Waals surface area contributed by atoms with Gasteiger partial charge in [0.2, 0.25) is 0 Å². The van der Waals surface area contributed by atoms with Gasteiger partial charge in [0.1, 0.15) is 25.1 Å². The molecule has 1 fully saturated rings. The normalized spacial score (nSPS) is 15.5. The van der Waals surface area contributed by atoms with Crippen molar-refractivity contribution in [3.8, 4) is 17.6 Å². The highest BCUT2D eigenvalue weighted by Gasteiger charge is 2.17. The van der Waals surface area contributed by atoms with E-state index in [2.05, 4.69) is 27.8 Å². The fourth-order valence-electron chi connectivity index (χ4n) is 1.48. The Morgan fingerprint density at radius 3 is 2.68 bits per heavy atom. The van der Waals surface area contributed by atoms with Crippen LogP contribution in [-0.2, 0) is 4.74 Å². The van der Waals surface area contributed by atoms with Gasteiger partial charge in [-0.25, -0.2) is 0 Å². The molecule has 102 valence electrons. The van der Waals surface area contributed by atoms with Crippen LogP contribution in [0.1, 0.15) is 12.8 Å². The largest absolute Gasteiger partial charge is 0.491 e. The number of rotatable bonds is 6. The molecule has 4 heteroatoms. The highest BCUT2D eigenvalue weighted by Crippen LogP contribution is 2.27. The highest BCUT2D eigenvalue weighted by molar-refractivity contribution is 9.10. The summed E-state index contributed by atoms with van der Waals surface area (Å²) in [5, 5.41) is 0. The van der Waals surface area contributed by atoms with Gasteiger partial charge in [-0.05, 0) is 37.1 Å². The van der Waals surface area contributed by atoms with Gasteiger partial charge in [-0.2, -0.15) is 0 Å². The first-order chi connectivity index (χ1) is 9.28. The van der Waals surface area contributed by atoms with Crippen LogP contribution in [0.15, 0.2) is 28.7 Å². The first kappa shape index (κ1) is 14.4. The maximum absolute atomic E-state index is 5.65. The number of hydrogen-bond donors (Lipinski definition) is 1. The Bertz CT molecular complexity index is 445. The SMILES string of the molecule is NCC(COc1ccc(Br)cc1)OCC#CC1CC1. The van der Waals surface area contributed by atoms with Gasteiger partial charge in [0.05, 0.1) is 0 Å². The van der Waals surface area contributed by atoms with Crippen LogP contribution in [-0.4, -0.2) is 25.9 Å². The van der Waals surface area contributed by atoms with E-state index in [1.807, 2.05) is 24.3 Å². The Balaban J connectivity index is 1.69. The second-order valence-electron chi connectivity index (χ2n) is 4.53. The molecule has 0 saturated heterocycles. The monoisotopic (exact) mass is 323 g/mol. The summed E-state index contributed by atoms with van der Waals surface area (Å²) in [6, 6.07) is 7.69. The van der Waals surface area contributed by atoms with Crippen LogP contribution in [0, 0.1) is 17.8 Å². The maximum Gasteiger partial charge on any atom is 0.119 e. The van der Waals surface area contributed by atoms with Crippen LogP contribution < -0.4 is 10.5 Å². The van der Waals surface area contributed by atoms with Gasteiger partial charge in [-0.15, -0.1) is 0 Å². The van der Waals surface area contributed by atoms with E-state index in [0.29, 0.717) is 25.7 Å². The van der Waals surface area contributed by atoms with Crippen molar-refractivity contribution >= 4 is 15.9 Å². The predicted molar refractivity (Wildman–Crippen MR) is 78.9 cm³/mol. The smallest absolute Gasteiger partial charge is 0.119 e. The first-order valence-corrected chi connectivity index (χ1v) is 7.25. The van der Waals surface area contributed by atoms with Crippen molar-refractivity contribution in [2.24, 2.45) is 11.7 Å². The van der Waals surface area contributed by atoms with Crippen molar-refractivity contribution in [3.63, 3.8) is 0 Å². The Morgan fingerprint density at radius 2 is 2.05 bits per heavy atom. The molecule has 0 bridgehead atoms. The van der Waals surface area contributed by atoms with E-state index < -0.39 is 0 Å². The highest BCUT2D eigenvalue weighted by atomic mass is 79.9. The third-order valence-electron chi connectivity index (χ3n) is 2.79. The van der Waals surface area contributed by atoms with E-state index in [9.17, 15) is 0 Å². The molecular formula is C15H18BrNO2. The van der Waals surface area contributed by atoms with Gasteiger partial charge in [0, 0.05) is 16.9 Å². The fraction of sp³-hybridized carbons (Fsp3) is 0.467. The number of hydrogen-bond acceptors (Lipinski definition) is 3. The molecule has 1 atom stereocenters. The number of benzene rings is 1. The second-order valence-corrected chi connectivity index (χ2v) is 5.44. The lowest BCUT2D eigenvalue weighted by Gasteiger charge is -2.15. The Labute approximate surface area is 122 Å². The number of ether oxygens (including phenoxy) is 2. The van der Waals surface area contributed by atoms with Gasteiger partial charge in [-0.3, -0.25) is 0 Å². The molecule has 0 spiro atoms. The van der Waals surface area contributed by atoms with Gasteiger partial charge in [0.25, 0.3) is 0 Å². The number of nitrogens with two attached hydrogens (primary N) is 1. The lowest BCUT2D eigenvalue weighted by molar-refractivity contribution is 0.0454. The van der Waals surface area contributed by atoms with Crippen molar-refractivity contribution in [2.75, 3.05) is 19.8 Å². The summed E-state index contributed by atoms with van der Waals surface area (Å²) in [5.41, 5.74) is 5.65. The first-order valence-electron chi connectivity index (χ1n) is 6.46. The minimum atomic E-state index is -0.114. The van der Waals surface area contributed by atoms with Crippen LogP contribution in [0.3, 0.4) is 0 Å². The quantitative estimate of drug-likeness (QED) is 0.818. The third-order valence-corrected chi connectivity index (χ3v) is 3.32. The molecule has 1 saturated carbocycles. The molecular weight excluding hydrogens is 306 g/mol. The Hall–Kier alpha value is -1.02. The van der Waals surface area contributed by atoms with E-state index in [1.54, 1.807) is 0 Å². The van der Waals surface area contributed by atoms with Crippen LogP contribution in [0.4, 0.5) is 0 Å². The molecule has 1 aromatic carbocycles. The molecule has 2 rings (SSSR count). The van der Waals surface area contributed by atoms with Gasteiger partial charge < -0.3 is 15.2 Å². The van der Waals surface area contributed by atoms with Crippen molar-refractivity contribution in [1.29, 1.82) is 0 Å². The van der Waals surface area contributed by atoms with Crippen LogP contribution in [0.2, 0.25) is 0 Å². The lowest BCUT2D eigenvalue weighted by atomic mass is 10.3. The number of halogens is 1. The molecule has 1 aliphatic rings. The molecule has 3 nitrogen and oxygen atoms in total. The standard InChI is InChI=1S/C15H18BrNO2/c16-13-5-7-14(8-6-13)19-11-15(10-17)18-9-1-2-12-3-4-12/h5-8,12,15H,3-4,9-11,17H2. The fourth-order valence-corrected chi connectivity index (χ4v) is 1.74. The molecule has 0 heterocycles. The van der Waals surface area contributed by atoms with Crippen molar-refractivity contribution in [2.45, 2.75) is 18.9 Å². The van der Waals surface area contributed by atoms with Crippen molar-refractivity contribution in [1.82, 2.24) is 0 Å². The maximum atomic E-state index is 5.65. The van der Waals surface area contributed by atoms with Crippen LogP contribution in [0.25, 0.3) is 0 Å². The summed E-state index contributed by atoms with van der Waals surface area (Å²) in [4.78, 5) is 0. The summed E-state index contributed by atoms with van der Waals surface area (Å²) >= 11 is 3.38. The summed E-state index contributed by atoms with van der Waals surface area (Å²) in [6.07, 6.45) is 2.36. The molecule has 1 aliphatic carbocycles. The van der Waals surface area contributed by atoms with E-state index in [4.69, 9.17) is 15.2 Å². The molecule has 0 radical (unpaired) electrons. The van der Waals surface area contributed by atoms with Crippen LogP contribution in [0.5, 0.6) is 5.75 Å². The summed E-state index contributed by atoms with van der Waals surface area (Å²) in [6.45, 7) is 1.31. The van der Waals surface area contributed by atoms with E-state index in [-0.39, 0.29) is 6.10 Å². The zero-order chi connectivity index (χ0) is 13.5. The molecule has 1 unspecified atom stereocenters. The van der Waals surface area contributed by atoms with Gasteiger partial charge >= 0.3 is 0 Å². The summed E-state index contributed by atoms with van der Waals surface area (Å²) in [5.74, 6) is 7.61. The van der Waals surface area contributed by atoms with Gasteiger partial charge in [0.15, 0.2) is 0 Å². The Kier molecular flexibility index (Phi) is 5.71. The van der Waals surface area contributed by atoms with Crippen LogP contribution >= 0.6 is 15.9 Å². The summed E-state index contributed by atoms with van der Waals surface area (Å²) < 4.78 is 12.2. The van der Waals surface area contributed by atoms with E-state index in [0.717, 1.165) is 10.2 Å².